The molecule has 91 valence electrons. The summed E-state index contributed by atoms with van der Waals surface area (Å²) in [5.74, 6) is 0. The Balaban J connectivity index is 2.81. The Kier molecular flexibility index (Phi) is 13.6. The largest absolute Gasteiger partial charge is 0.379 e. The molecule has 1 radical (unpaired) electrons. The average Bonchev–Trinajstić information content (AvgIpc) is 2.26. The van der Waals surface area contributed by atoms with E-state index in [1.807, 2.05) is 6.92 Å². The maximum Gasteiger partial charge on any atom is 0.0701 e. The predicted molar refractivity (Wildman–Crippen MR) is 56.9 cm³/mol. The molecule has 15 heavy (non-hydrogen) atoms. The summed E-state index contributed by atoms with van der Waals surface area (Å²) in [5.41, 5.74) is 6.83. The minimum atomic E-state index is 0.306. The minimum Gasteiger partial charge on any atom is -0.379 e. The van der Waals surface area contributed by atoms with Crippen LogP contribution in [0.4, 0.5) is 0 Å². The molecule has 0 unspecified atom stereocenters. The maximum atomic E-state index is 6.83. The minimum absolute atomic E-state index is 0.306. The standard InChI is InChI=1S/C10H22NO4/c1-2-12-5-6-14-9-10-15-8-7-13-4-3-11/h11H,2-10H2,1H3. The van der Waals surface area contributed by atoms with Gasteiger partial charge in [-0.2, -0.15) is 0 Å². The molecule has 1 N–H and O–H groups in total. The van der Waals surface area contributed by atoms with Crippen molar-refractivity contribution in [2.75, 3.05) is 59.4 Å². The topological polar surface area (TPSA) is 60.7 Å². The van der Waals surface area contributed by atoms with Gasteiger partial charge in [0.15, 0.2) is 0 Å². The van der Waals surface area contributed by atoms with Gasteiger partial charge in [0.25, 0.3) is 0 Å². The van der Waals surface area contributed by atoms with Crippen molar-refractivity contribution in [1.82, 2.24) is 5.73 Å². The fourth-order valence-corrected chi connectivity index (χ4v) is 0.876. The van der Waals surface area contributed by atoms with Gasteiger partial charge in [-0.1, -0.05) is 0 Å². The summed E-state index contributed by atoms with van der Waals surface area (Å²) in [5, 5.41) is 0. The van der Waals surface area contributed by atoms with Crippen LogP contribution in [0.1, 0.15) is 6.92 Å². The molecule has 0 saturated heterocycles. The van der Waals surface area contributed by atoms with Crippen LogP contribution in [0.25, 0.3) is 0 Å². The van der Waals surface area contributed by atoms with Gasteiger partial charge in [-0.3, -0.25) is 5.73 Å². The molecule has 0 aliphatic rings. The number of ether oxygens (including phenoxy) is 4. The highest BCUT2D eigenvalue weighted by Gasteiger charge is 1.91. The van der Waals surface area contributed by atoms with Crippen LogP contribution in [0.2, 0.25) is 0 Å². The van der Waals surface area contributed by atoms with E-state index in [9.17, 15) is 0 Å². The highest BCUT2D eigenvalue weighted by atomic mass is 16.6. The molecule has 0 aromatic carbocycles. The second-order valence-electron chi connectivity index (χ2n) is 2.78. The molecular formula is C10H22NO4. The van der Waals surface area contributed by atoms with Gasteiger partial charge in [-0.15, -0.1) is 0 Å². The Hall–Kier alpha value is -0.200. The van der Waals surface area contributed by atoms with Gasteiger partial charge in [0.1, 0.15) is 0 Å². The van der Waals surface area contributed by atoms with Crippen LogP contribution in [0.3, 0.4) is 0 Å². The number of nitrogens with one attached hydrogen (secondary N) is 1. The van der Waals surface area contributed by atoms with Crippen LogP contribution in [-0.4, -0.2) is 59.4 Å². The van der Waals surface area contributed by atoms with E-state index in [0.717, 1.165) is 6.61 Å². The first-order chi connectivity index (χ1) is 7.41. The third-order valence-corrected chi connectivity index (χ3v) is 1.57. The zero-order valence-corrected chi connectivity index (χ0v) is 9.50. The Morgan fingerprint density at radius 3 is 1.47 bits per heavy atom. The van der Waals surface area contributed by atoms with Crippen molar-refractivity contribution < 1.29 is 18.9 Å². The fourth-order valence-electron chi connectivity index (χ4n) is 0.876. The van der Waals surface area contributed by atoms with Crippen LogP contribution < -0.4 is 5.73 Å². The molecule has 0 aliphatic heterocycles. The molecule has 0 fully saturated rings. The van der Waals surface area contributed by atoms with Crippen molar-refractivity contribution in [1.29, 1.82) is 0 Å². The molecule has 0 aliphatic carbocycles. The first-order valence-electron chi connectivity index (χ1n) is 5.37. The van der Waals surface area contributed by atoms with E-state index in [0.29, 0.717) is 52.8 Å². The van der Waals surface area contributed by atoms with E-state index >= 15 is 0 Å². The summed E-state index contributed by atoms with van der Waals surface area (Å²) in [6.07, 6.45) is 0. The van der Waals surface area contributed by atoms with Gasteiger partial charge in [-0.25, -0.2) is 0 Å². The Bertz CT molecular complexity index is 102. The van der Waals surface area contributed by atoms with Crippen molar-refractivity contribution in [2.24, 2.45) is 0 Å². The number of hydrogen-bond donors (Lipinski definition) is 0. The Morgan fingerprint density at radius 1 is 0.667 bits per heavy atom. The van der Waals surface area contributed by atoms with Crippen molar-refractivity contribution >= 4 is 0 Å². The lowest BCUT2D eigenvalue weighted by Gasteiger charge is -2.06. The summed E-state index contributed by atoms with van der Waals surface area (Å²) >= 11 is 0. The molecule has 0 aromatic rings. The summed E-state index contributed by atoms with van der Waals surface area (Å²) in [4.78, 5) is 0. The molecule has 0 amide bonds. The van der Waals surface area contributed by atoms with E-state index in [2.05, 4.69) is 0 Å². The molecule has 0 saturated carbocycles. The Morgan fingerprint density at radius 2 is 1.07 bits per heavy atom. The van der Waals surface area contributed by atoms with Crippen LogP contribution in [0, 0.1) is 0 Å². The van der Waals surface area contributed by atoms with E-state index in [1.165, 1.54) is 0 Å². The zero-order valence-electron chi connectivity index (χ0n) is 9.50. The van der Waals surface area contributed by atoms with Gasteiger partial charge in [0, 0.05) is 13.2 Å². The smallest absolute Gasteiger partial charge is 0.0701 e. The molecule has 5 heteroatoms. The molecule has 0 heterocycles. The van der Waals surface area contributed by atoms with Crippen molar-refractivity contribution in [2.45, 2.75) is 6.92 Å². The summed E-state index contributed by atoms with van der Waals surface area (Å²) in [6.45, 7) is 7.02. The second kappa shape index (κ2) is 13.8. The lowest BCUT2D eigenvalue weighted by Crippen LogP contribution is -2.12. The van der Waals surface area contributed by atoms with E-state index in [-0.39, 0.29) is 0 Å². The zero-order chi connectivity index (χ0) is 11.2. The van der Waals surface area contributed by atoms with Gasteiger partial charge < -0.3 is 18.9 Å². The molecule has 0 aromatic heterocycles. The fraction of sp³-hybridized carbons (Fsp3) is 1.00. The first kappa shape index (κ1) is 14.8. The molecular weight excluding hydrogens is 198 g/mol. The monoisotopic (exact) mass is 220 g/mol. The summed E-state index contributed by atoms with van der Waals surface area (Å²) < 4.78 is 20.6. The molecule has 0 rings (SSSR count). The maximum absolute atomic E-state index is 6.83. The molecule has 0 bridgehead atoms. The highest BCUT2D eigenvalue weighted by Crippen LogP contribution is 1.82. The average molecular weight is 220 g/mol. The molecule has 0 spiro atoms. The van der Waals surface area contributed by atoms with Crippen molar-refractivity contribution in [3.8, 4) is 0 Å². The quantitative estimate of drug-likeness (QED) is 0.445. The normalized spacial score (nSPS) is 10.8. The van der Waals surface area contributed by atoms with Gasteiger partial charge in [0.05, 0.1) is 46.2 Å². The highest BCUT2D eigenvalue weighted by molar-refractivity contribution is 4.35. The third-order valence-electron chi connectivity index (χ3n) is 1.57. The molecule has 5 nitrogen and oxygen atoms in total. The SMILES string of the molecule is CCOCCOCCOCCOCC[NH]. The van der Waals surface area contributed by atoms with E-state index in [4.69, 9.17) is 24.7 Å². The van der Waals surface area contributed by atoms with Crippen molar-refractivity contribution in [3.05, 3.63) is 0 Å². The van der Waals surface area contributed by atoms with Crippen LogP contribution in [-0.2, 0) is 18.9 Å². The van der Waals surface area contributed by atoms with Crippen LogP contribution in [0.15, 0.2) is 0 Å². The van der Waals surface area contributed by atoms with E-state index in [1.54, 1.807) is 0 Å². The Labute approximate surface area is 91.8 Å². The third kappa shape index (κ3) is 13.8. The number of hydrogen-bond acceptors (Lipinski definition) is 4. The number of rotatable bonds is 12. The first-order valence-corrected chi connectivity index (χ1v) is 5.37. The second-order valence-corrected chi connectivity index (χ2v) is 2.78. The summed E-state index contributed by atoms with van der Waals surface area (Å²) in [6, 6.07) is 0. The van der Waals surface area contributed by atoms with E-state index < -0.39 is 0 Å². The van der Waals surface area contributed by atoms with Crippen LogP contribution >= 0.6 is 0 Å². The lowest BCUT2D eigenvalue weighted by molar-refractivity contribution is 0.000296. The van der Waals surface area contributed by atoms with Gasteiger partial charge in [-0.05, 0) is 6.92 Å². The predicted octanol–water partition coefficient (Wildman–Crippen LogP) is 0.356. The van der Waals surface area contributed by atoms with Crippen molar-refractivity contribution in [3.63, 3.8) is 0 Å². The van der Waals surface area contributed by atoms with Gasteiger partial charge in [0.2, 0.25) is 0 Å². The lowest BCUT2D eigenvalue weighted by atomic mass is 10.7. The molecule has 0 atom stereocenters. The van der Waals surface area contributed by atoms with Crippen LogP contribution in [0.5, 0.6) is 0 Å². The summed E-state index contributed by atoms with van der Waals surface area (Å²) in [7, 11) is 0. The van der Waals surface area contributed by atoms with Gasteiger partial charge >= 0.3 is 0 Å².